The van der Waals surface area contributed by atoms with Gasteiger partial charge in [0.25, 0.3) is 0 Å². The maximum Gasteiger partial charge on any atom is 0.123 e. The van der Waals surface area contributed by atoms with E-state index in [9.17, 15) is 4.39 Å². The van der Waals surface area contributed by atoms with Crippen LogP contribution in [0.25, 0.3) is 0 Å². The van der Waals surface area contributed by atoms with Gasteiger partial charge in [0.15, 0.2) is 0 Å². The molecule has 0 amide bonds. The number of benzene rings is 1. The van der Waals surface area contributed by atoms with E-state index < -0.39 is 0 Å². The molecule has 1 heterocycles. The summed E-state index contributed by atoms with van der Waals surface area (Å²) >= 11 is 0. The Balaban J connectivity index is 0.00000162. The molecule has 1 aromatic rings. The molecule has 1 saturated heterocycles. The third-order valence-corrected chi connectivity index (χ3v) is 3.24. The summed E-state index contributed by atoms with van der Waals surface area (Å²) in [5.41, 5.74) is 0.944. The minimum atomic E-state index is -0.375. The van der Waals surface area contributed by atoms with Gasteiger partial charge in [0.05, 0.1) is 13.2 Å². The molecule has 19 heavy (non-hydrogen) atoms. The monoisotopic (exact) mass is 310 g/mol. The summed E-state index contributed by atoms with van der Waals surface area (Å²) in [5, 5.41) is 3.28. The van der Waals surface area contributed by atoms with E-state index in [0.717, 1.165) is 37.5 Å². The van der Waals surface area contributed by atoms with Crippen molar-refractivity contribution in [3.8, 4) is 5.75 Å². The highest BCUT2D eigenvalue weighted by molar-refractivity contribution is 5.85. The summed E-state index contributed by atoms with van der Waals surface area (Å²) in [7, 11) is 1.63. The zero-order chi connectivity index (χ0) is 12.1. The number of nitrogens with zero attached hydrogens (tertiary/aromatic N) is 1. The van der Waals surface area contributed by atoms with Crippen LogP contribution in [0.2, 0.25) is 0 Å². The van der Waals surface area contributed by atoms with Gasteiger partial charge in [-0.15, -0.1) is 24.8 Å². The Bertz CT molecular complexity index is 362. The number of alkyl halides is 1. The van der Waals surface area contributed by atoms with E-state index in [2.05, 4.69) is 10.2 Å². The first-order valence-corrected chi connectivity index (χ1v) is 6.00. The first kappa shape index (κ1) is 18.4. The molecule has 1 atom stereocenters. The lowest BCUT2D eigenvalue weighted by Crippen LogP contribution is -2.45. The Hall–Kier alpha value is -0.550. The average molecular weight is 311 g/mol. The lowest BCUT2D eigenvalue weighted by Gasteiger charge is -2.34. The summed E-state index contributed by atoms with van der Waals surface area (Å²) in [6, 6.07) is 7.50. The van der Waals surface area contributed by atoms with Crippen molar-refractivity contribution < 1.29 is 9.13 Å². The summed E-state index contributed by atoms with van der Waals surface area (Å²) < 4.78 is 18.6. The minimum Gasteiger partial charge on any atom is -0.496 e. The van der Waals surface area contributed by atoms with Crippen LogP contribution < -0.4 is 10.1 Å². The number of nitrogens with one attached hydrogen (secondary N) is 1. The van der Waals surface area contributed by atoms with Crippen LogP contribution in [-0.2, 0) is 0 Å². The number of para-hydroxylation sites is 1. The normalized spacial score (nSPS) is 16.9. The molecule has 0 aliphatic carbocycles. The quantitative estimate of drug-likeness (QED) is 0.924. The topological polar surface area (TPSA) is 24.5 Å². The van der Waals surface area contributed by atoms with E-state index >= 15 is 0 Å². The van der Waals surface area contributed by atoms with Crippen LogP contribution in [0, 0.1) is 0 Å². The van der Waals surface area contributed by atoms with E-state index in [1.165, 1.54) is 0 Å². The summed E-state index contributed by atoms with van der Waals surface area (Å²) in [6.07, 6.45) is 0. The Morgan fingerprint density at radius 1 is 1.26 bits per heavy atom. The van der Waals surface area contributed by atoms with Crippen molar-refractivity contribution in [1.82, 2.24) is 10.2 Å². The zero-order valence-electron chi connectivity index (χ0n) is 11.0. The first-order chi connectivity index (χ1) is 8.36. The highest BCUT2D eigenvalue weighted by atomic mass is 35.5. The van der Waals surface area contributed by atoms with Gasteiger partial charge in [0, 0.05) is 31.7 Å². The van der Waals surface area contributed by atoms with Crippen LogP contribution in [0.3, 0.4) is 0 Å². The lowest BCUT2D eigenvalue weighted by molar-refractivity contribution is 0.145. The van der Waals surface area contributed by atoms with Crippen LogP contribution in [0.15, 0.2) is 24.3 Å². The maximum absolute atomic E-state index is 13.3. The number of halogens is 3. The van der Waals surface area contributed by atoms with Crippen molar-refractivity contribution in [2.45, 2.75) is 6.04 Å². The molecule has 3 nitrogen and oxygen atoms in total. The third kappa shape index (κ3) is 4.49. The second-order valence-electron chi connectivity index (χ2n) is 4.20. The van der Waals surface area contributed by atoms with Crippen LogP contribution in [0.4, 0.5) is 4.39 Å². The van der Waals surface area contributed by atoms with Gasteiger partial charge in [-0.05, 0) is 6.07 Å². The molecule has 1 aliphatic rings. The van der Waals surface area contributed by atoms with Gasteiger partial charge in [0.1, 0.15) is 12.4 Å². The maximum atomic E-state index is 13.3. The summed E-state index contributed by atoms with van der Waals surface area (Å²) in [5.74, 6) is 0.772. The van der Waals surface area contributed by atoms with Crippen molar-refractivity contribution in [3.63, 3.8) is 0 Å². The number of rotatable bonds is 4. The minimum absolute atomic E-state index is 0. The standard InChI is InChI=1S/C13H19FN2O.2ClH/c1-17-13-5-3-2-4-11(13)12(10-14)16-8-6-15-7-9-16;;/h2-5,12,15H,6-10H2,1H3;2*1H/t12-;;/m0../s1. The molecule has 1 aromatic carbocycles. The molecule has 1 fully saturated rings. The van der Waals surface area contributed by atoms with Crippen molar-refractivity contribution in [1.29, 1.82) is 0 Å². The summed E-state index contributed by atoms with van der Waals surface area (Å²) in [6.45, 7) is 3.23. The van der Waals surface area contributed by atoms with Crippen molar-refractivity contribution >= 4 is 24.8 Å². The predicted molar refractivity (Wildman–Crippen MR) is 80.6 cm³/mol. The van der Waals surface area contributed by atoms with Crippen LogP contribution in [-0.4, -0.2) is 44.9 Å². The largest absolute Gasteiger partial charge is 0.496 e. The van der Waals surface area contributed by atoms with Crippen LogP contribution in [0.1, 0.15) is 11.6 Å². The Kier molecular flexibility index (Phi) is 9.10. The molecule has 0 bridgehead atoms. The third-order valence-electron chi connectivity index (χ3n) is 3.24. The summed E-state index contributed by atoms with van der Waals surface area (Å²) in [4.78, 5) is 2.17. The van der Waals surface area contributed by atoms with E-state index in [4.69, 9.17) is 4.74 Å². The fraction of sp³-hybridized carbons (Fsp3) is 0.538. The molecule has 2 rings (SSSR count). The van der Waals surface area contributed by atoms with Gasteiger partial charge < -0.3 is 10.1 Å². The fourth-order valence-corrected chi connectivity index (χ4v) is 2.31. The molecule has 0 spiro atoms. The van der Waals surface area contributed by atoms with Gasteiger partial charge >= 0.3 is 0 Å². The molecular formula is C13H21Cl2FN2O. The predicted octanol–water partition coefficient (Wildman–Crippen LogP) is 2.45. The SMILES string of the molecule is COc1ccccc1[C@H](CF)N1CCNCC1.Cl.Cl. The second-order valence-corrected chi connectivity index (χ2v) is 4.20. The average Bonchev–Trinajstić information content (AvgIpc) is 2.41. The van der Waals surface area contributed by atoms with Crippen molar-refractivity contribution in [2.75, 3.05) is 40.0 Å². The van der Waals surface area contributed by atoms with Crippen molar-refractivity contribution in [2.24, 2.45) is 0 Å². The van der Waals surface area contributed by atoms with Gasteiger partial charge in [-0.1, -0.05) is 18.2 Å². The van der Waals surface area contributed by atoms with Gasteiger partial charge in [-0.25, -0.2) is 4.39 Å². The van der Waals surface area contributed by atoms with Crippen LogP contribution >= 0.6 is 24.8 Å². The highest BCUT2D eigenvalue weighted by Gasteiger charge is 2.24. The molecule has 0 saturated carbocycles. The Morgan fingerprint density at radius 2 is 1.89 bits per heavy atom. The Morgan fingerprint density at radius 3 is 2.47 bits per heavy atom. The van der Waals surface area contributed by atoms with Crippen LogP contribution in [0.5, 0.6) is 5.75 Å². The molecule has 6 heteroatoms. The molecule has 1 N–H and O–H groups in total. The number of ether oxygens (including phenoxy) is 1. The number of hydrogen-bond donors (Lipinski definition) is 1. The Labute approximate surface area is 126 Å². The van der Waals surface area contributed by atoms with Crippen molar-refractivity contribution in [3.05, 3.63) is 29.8 Å². The lowest BCUT2D eigenvalue weighted by atomic mass is 10.0. The molecule has 110 valence electrons. The smallest absolute Gasteiger partial charge is 0.123 e. The first-order valence-electron chi connectivity index (χ1n) is 6.00. The molecule has 0 radical (unpaired) electrons. The number of piperazine rings is 1. The molecule has 0 unspecified atom stereocenters. The number of methoxy groups -OCH3 is 1. The fourth-order valence-electron chi connectivity index (χ4n) is 2.31. The highest BCUT2D eigenvalue weighted by Crippen LogP contribution is 2.29. The van der Waals surface area contributed by atoms with E-state index in [1.807, 2.05) is 24.3 Å². The van der Waals surface area contributed by atoms with E-state index in [0.29, 0.717) is 0 Å². The van der Waals surface area contributed by atoms with Gasteiger partial charge in [0.2, 0.25) is 0 Å². The van der Waals surface area contributed by atoms with Gasteiger partial charge in [-0.2, -0.15) is 0 Å². The molecular weight excluding hydrogens is 290 g/mol. The van der Waals surface area contributed by atoms with E-state index in [1.54, 1.807) is 7.11 Å². The van der Waals surface area contributed by atoms with Gasteiger partial charge in [-0.3, -0.25) is 4.90 Å². The molecule has 0 aromatic heterocycles. The zero-order valence-corrected chi connectivity index (χ0v) is 12.6. The molecule has 1 aliphatic heterocycles. The number of hydrogen-bond acceptors (Lipinski definition) is 3. The second kappa shape index (κ2) is 9.37. The van der Waals surface area contributed by atoms with E-state index in [-0.39, 0.29) is 37.5 Å².